The SMILES string of the molecule is Cc1cncc(C(N)c2ccc(Br)c(C)c2)c1. The quantitative estimate of drug-likeness (QED) is 0.919. The normalized spacial score (nSPS) is 12.5. The summed E-state index contributed by atoms with van der Waals surface area (Å²) < 4.78 is 1.11. The summed E-state index contributed by atoms with van der Waals surface area (Å²) in [6, 6.07) is 8.15. The number of aromatic nitrogens is 1. The molecule has 0 saturated heterocycles. The van der Waals surface area contributed by atoms with Crippen molar-refractivity contribution in [2.24, 2.45) is 5.73 Å². The van der Waals surface area contributed by atoms with E-state index in [1.165, 1.54) is 5.56 Å². The second-order valence-corrected chi connectivity index (χ2v) is 5.14. The average Bonchev–Trinajstić information content (AvgIpc) is 2.32. The number of benzene rings is 1. The van der Waals surface area contributed by atoms with Gasteiger partial charge in [0, 0.05) is 16.9 Å². The van der Waals surface area contributed by atoms with Crippen molar-refractivity contribution in [1.29, 1.82) is 0 Å². The number of hydrogen-bond acceptors (Lipinski definition) is 2. The van der Waals surface area contributed by atoms with Crippen LogP contribution >= 0.6 is 15.9 Å². The largest absolute Gasteiger partial charge is 0.320 e. The van der Waals surface area contributed by atoms with Crippen molar-refractivity contribution in [2.75, 3.05) is 0 Å². The van der Waals surface area contributed by atoms with Gasteiger partial charge in [-0.3, -0.25) is 4.98 Å². The van der Waals surface area contributed by atoms with Crippen molar-refractivity contribution in [1.82, 2.24) is 4.98 Å². The molecule has 0 radical (unpaired) electrons. The number of aryl methyl sites for hydroxylation is 2. The van der Waals surface area contributed by atoms with Crippen LogP contribution in [0.1, 0.15) is 28.3 Å². The van der Waals surface area contributed by atoms with E-state index < -0.39 is 0 Å². The molecule has 1 unspecified atom stereocenters. The predicted molar refractivity (Wildman–Crippen MR) is 73.9 cm³/mol. The minimum absolute atomic E-state index is 0.116. The van der Waals surface area contributed by atoms with Gasteiger partial charge < -0.3 is 5.73 Å². The zero-order valence-electron chi connectivity index (χ0n) is 9.94. The van der Waals surface area contributed by atoms with E-state index in [2.05, 4.69) is 40.0 Å². The van der Waals surface area contributed by atoms with Crippen molar-refractivity contribution in [2.45, 2.75) is 19.9 Å². The number of hydrogen-bond donors (Lipinski definition) is 1. The molecule has 2 rings (SSSR count). The van der Waals surface area contributed by atoms with Gasteiger partial charge in [-0.1, -0.05) is 34.1 Å². The first-order valence-electron chi connectivity index (χ1n) is 5.51. The van der Waals surface area contributed by atoms with Crippen LogP contribution in [0.5, 0.6) is 0 Å². The van der Waals surface area contributed by atoms with Crippen LogP contribution in [0.25, 0.3) is 0 Å². The van der Waals surface area contributed by atoms with Crippen molar-refractivity contribution >= 4 is 15.9 Å². The zero-order chi connectivity index (χ0) is 12.4. The maximum atomic E-state index is 6.25. The van der Waals surface area contributed by atoms with Crippen molar-refractivity contribution in [3.8, 4) is 0 Å². The Bertz CT molecular complexity index is 537. The van der Waals surface area contributed by atoms with Gasteiger partial charge in [-0.25, -0.2) is 0 Å². The Labute approximate surface area is 110 Å². The number of nitrogens with two attached hydrogens (primary N) is 1. The first kappa shape index (κ1) is 12.3. The van der Waals surface area contributed by atoms with Gasteiger partial charge in [0.25, 0.3) is 0 Å². The number of halogens is 1. The van der Waals surface area contributed by atoms with Gasteiger partial charge in [0.2, 0.25) is 0 Å². The molecule has 17 heavy (non-hydrogen) atoms. The molecule has 0 bridgehead atoms. The zero-order valence-corrected chi connectivity index (χ0v) is 11.5. The molecule has 1 heterocycles. The molecular formula is C14H15BrN2. The lowest BCUT2D eigenvalue weighted by molar-refractivity contribution is 0.858. The molecule has 1 atom stereocenters. The Morgan fingerprint density at radius 2 is 1.88 bits per heavy atom. The highest BCUT2D eigenvalue weighted by atomic mass is 79.9. The Hall–Kier alpha value is -1.19. The molecule has 0 aliphatic carbocycles. The van der Waals surface area contributed by atoms with Crippen LogP contribution in [-0.2, 0) is 0 Å². The van der Waals surface area contributed by atoms with Gasteiger partial charge >= 0.3 is 0 Å². The fourth-order valence-corrected chi connectivity index (χ4v) is 2.05. The fraction of sp³-hybridized carbons (Fsp3) is 0.214. The predicted octanol–water partition coefficient (Wildman–Crippen LogP) is 3.51. The lowest BCUT2D eigenvalue weighted by atomic mass is 9.99. The summed E-state index contributed by atoms with van der Waals surface area (Å²) in [7, 11) is 0. The highest BCUT2D eigenvalue weighted by molar-refractivity contribution is 9.10. The van der Waals surface area contributed by atoms with E-state index in [1.54, 1.807) is 0 Å². The summed E-state index contributed by atoms with van der Waals surface area (Å²) >= 11 is 3.49. The summed E-state index contributed by atoms with van der Waals surface area (Å²) in [6.07, 6.45) is 3.66. The highest BCUT2D eigenvalue weighted by Crippen LogP contribution is 2.24. The van der Waals surface area contributed by atoms with Crippen LogP contribution in [-0.4, -0.2) is 4.98 Å². The molecule has 0 fully saturated rings. The molecule has 88 valence electrons. The Morgan fingerprint density at radius 3 is 2.53 bits per heavy atom. The van der Waals surface area contributed by atoms with Gasteiger partial charge in [0.1, 0.15) is 0 Å². The van der Waals surface area contributed by atoms with E-state index in [-0.39, 0.29) is 6.04 Å². The van der Waals surface area contributed by atoms with Crippen LogP contribution in [0.3, 0.4) is 0 Å². The highest BCUT2D eigenvalue weighted by Gasteiger charge is 2.10. The number of nitrogens with zero attached hydrogens (tertiary/aromatic N) is 1. The summed E-state index contributed by atoms with van der Waals surface area (Å²) in [6.45, 7) is 4.09. The van der Waals surface area contributed by atoms with E-state index in [0.717, 1.165) is 21.2 Å². The smallest absolute Gasteiger partial charge is 0.0567 e. The molecule has 2 nitrogen and oxygen atoms in total. The minimum atomic E-state index is -0.116. The van der Waals surface area contributed by atoms with Crippen LogP contribution in [0.2, 0.25) is 0 Å². The first-order valence-corrected chi connectivity index (χ1v) is 6.30. The van der Waals surface area contributed by atoms with Gasteiger partial charge in [-0.2, -0.15) is 0 Å². The molecule has 0 aliphatic rings. The molecule has 0 amide bonds. The Morgan fingerprint density at radius 1 is 1.12 bits per heavy atom. The van der Waals surface area contributed by atoms with Crippen LogP contribution in [0, 0.1) is 13.8 Å². The fourth-order valence-electron chi connectivity index (χ4n) is 1.80. The maximum absolute atomic E-state index is 6.25. The maximum Gasteiger partial charge on any atom is 0.0567 e. The van der Waals surface area contributed by atoms with Crippen molar-refractivity contribution in [3.05, 3.63) is 63.4 Å². The topological polar surface area (TPSA) is 38.9 Å². The second-order valence-electron chi connectivity index (χ2n) is 4.28. The van der Waals surface area contributed by atoms with E-state index in [9.17, 15) is 0 Å². The molecule has 0 saturated carbocycles. The molecule has 1 aromatic heterocycles. The van der Waals surface area contributed by atoms with E-state index in [4.69, 9.17) is 5.73 Å². The van der Waals surface area contributed by atoms with Gasteiger partial charge in [-0.05, 0) is 42.2 Å². The Balaban J connectivity index is 2.36. The van der Waals surface area contributed by atoms with Crippen LogP contribution in [0.4, 0.5) is 0 Å². The van der Waals surface area contributed by atoms with Crippen molar-refractivity contribution in [3.63, 3.8) is 0 Å². The third-order valence-electron chi connectivity index (χ3n) is 2.80. The lowest BCUT2D eigenvalue weighted by Crippen LogP contribution is -2.12. The number of pyridine rings is 1. The lowest BCUT2D eigenvalue weighted by Gasteiger charge is -2.14. The van der Waals surface area contributed by atoms with Crippen molar-refractivity contribution < 1.29 is 0 Å². The molecule has 1 aromatic carbocycles. The first-order chi connectivity index (χ1) is 8.08. The van der Waals surface area contributed by atoms with Crippen LogP contribution in [0.15, 0.2) is 41.1 Å². The summed E-state index contributed by atoms with van der Waals surface area (Å²) in [5.41, 5.74) is 10.7. The molecular weight excluding hydrogens is 276 g/mol. The Kier molecular flexibility index (Phi) is 3.60. The second kappa shape index (κ2) is 4.98. The van der Waals surface area contributed by atoms with Gasteiger partial charge in [0.15, 0.2) is 0 Å². The van der Waals surface area contributed by atoms with Crippen LogP contribution < -0.4 is 5.73 Å². The standard InChI is InChI=1S/C14H15BrN2/c1-9-5-12(8-17-7-9)14(16)11-3-4-13(15)10(2)6-11/h3-8,14H,16H2,1-2H3. The summed E-state index contributed by atoms with van der Waals surface area (Å²) in [5.74, 6) is 0. The van der Waals surface area contributed by atoms with Gasteiger partial charge in [0.05, 0.1) is 6.04 Å². The van der Waals surface area contributed by atoms with E-state index >= 15 is 0 Å². The third-order valence-corrected chi connectivity index (χ3v) is 3.69. The monoisotopic (exact) mass is 290 g/mol. The summed E-state index contributed by atoms with van der Waals surface area (Å²) in [4.78, 5) is 4.18. The third kappa shape index (κ3) is 2.73. The minimum Gasteiger partial charge on any atom is -0.320 e. The van der Waals surface area contributed by atoms with E-state index in [0.29, 0.717) is 0 Å². The summed E-state index contributed by atoms with van der Waals surface area (Å²) in [5, 5.41) is 0. The molecule has 2 N–H and O–H groups in total. The number of rotatable bonds is 2. The average molecular weight is 291 g/mol. The molecule has 2 aromatic rings. The molecule has 0 spiro atoms. The molecule has 0 aliphatic heterocycles. The van der Waals surface area contributed by atoms with Gasteiger partial charge in [-0.15, -0.1) is 0 Å². The van der Waals surface area contributed by atoms with E-state index in [1.807, 2.05) is 31.5 Å². The molecule has 3 heteroatoms.